The van der Waals surface area contributed by atoms with E-state index in [0.717, 1.165) is 112 Å². The second kappa shape index (κ2) is 72.0. The Balaban J connectivity index is 0.00000142. The molecule has 14 rings (SSSR count). The molecule has 0 bridgehead atoms. The molecule has 1 spiro atoms. The molecule has 4 saturated carbocycles. The van der Waals surface area contributed by atoms with Crippen molar-refractivity contribution in [2.24, 2.45) is 69.5 Å². The lowest BCUT2D eigenvalue weighted by Gasteiger charge is -2.34. The monoisotopic (exact) mass is 1870 g/mol. The van der Waals surface area contributed by atoms with Crippen LogP contribution in [-0.4, -0.2) is 82.5 Å². The number of nitrogens with zero attached hydrogens (tertiary/aromatic N) is 4. The van der Waals surface area contributed by atoms with Gasteiger partial charge in [0.2, 0.25) is 0 Å². The van der Waals surface area contributed by atoms with Crippen LogP contribution in [0.5, 0.6) is 5.75 Å². The van der Waals surface area contributed by atoms with Crippen molar-refractivity contribution >= 4 is 11.6 Å². The van der Waals surface area contributed by atoms with Crippen LogP contribution >= 0.6 is 11.6 Å². The lowest BCUT2D eigenvalue weighted by atomic mass is 9.79. The van der Waals surface area contributed by atoms with Crippen molar-refractivity contribution in [3.63, 3.8) is 0 Å². The first-order chi connectivity index (χ1) is 62.9. The summed E-state index contributed by atoms with van der Waals surface area (Å²) in [5.74, 6) is 11.4. The van der Waals surface area contributed by atoms with Crippen LogP contribution in [0.1, 0.15) is 408 Å². The maximum atomic E-state index is 12.9. The van der Waals surface area contributed by atoms with Crippen LogP contribution in [-0.2, 0) is 22.5 Å². The zero-order valence-corrected chi connectivity index (χ0v) is 94.3. The van der Waals surface area contributed by atoms with Gasteiger partial charge in [-0.1, -0.05) is 343 Å². The molecule has 0 radical (unpaired) electrons. The number of hydrogen-bond donors (Lipinski definition) is 0. The Hall–Kier alpha value is -6.39. The van der Waals surface area contributed by atoms with E-state index >= 15 is 0 Å². The van der Waals surface area contributed by atoms with Gasteiger partial charge in [-0.3, -0.25) is 4.98 Å². The number of hydrogen-bond acceptors (Lipinski definition) is 6. The van der Waals surface area contributed by atoms with Gasteiger partial charge >= 0.3 is 0 Å². The van der Waals surface area contributed by atoms with Gasteiger partial charge in [-0.25, -0.2) is 4.39 Å². The number of likely N-dealkylation sites (tertiary alicyclic amines) is 2. The first-order valence-electron chi connectivity index (χ1n) is 53.0. The fourth-order valence-electron chi connectivity index (χ4n) is 13.4. The first-order valence-corrected chi connectivity index (χ1v) is 53.4. The fourth-order valence-corrected chi connectivity index (χ4v) is 13.6. The molecule has 4 heterocycles. The van der Waals surface area contributed by atoms with E-state index in [1.54, 1.807) is 13.0 Å². The SMILES string of the molecule is CC(C)C(C)(C)C.CC(C)C1CC1.CC(C)Cc1ccccc1.CC(C)N1CC2CCCC2C1.CC(C)N1CCC2(CC1)CC2.CC(C)OCC1CC1.CC(C)OCc1ccccc1.CC(C)Oc1ccccc1.CC(C)c1cccc(Cl)c1.CC(C)c1ccccc1.CC(C)c1ccccn1.CC(C)n1cccc1.CCC(C)(C)C(C)C.CCC(C)C.Cc1ccc(C(C)C)cc1F. The molecule has 8 aromatic rings. The summed E-state index contributed by atoms with van der Waals surface area (Å²) < 4.78 is 31.3. The van der Waals surface area contributed by atoms with Gasteiger partial charge in [0.25, 0.3) is 0 Å². The van der Waals surface area contributed by atoms with Gasteiger partial charge in [0.15, 0.2) is 0 Å². The summed E-state index contributed by atoms with van der Waals surface area (Å²) >= 11 is 5.79. The molecule has 134 heavy (non-hydrogen) atoms. The van der Waals surface area contributed by atoms with Gasteiger partial charge in [-0.15, -0.1) is 0 Å². The Kier molecular flexibility index (Phi) is 68.5. The lowest BCUT2D eigenvalue weighted by molar-refractivity contribution is 0.0657. The summed E-state index contributed by atoms with van der Waals surface area (Å²) in [5, 5.41) is 0.825. The van der Waals surface area contributed by atoms with Crippen LogP contribution in [0.4, 0.5) is 4.39 Å². The van der Waals surface area contributed by atoms with Crippen molar-refractivity contribution in [3.05, 3.63) is 263 Å². The summed E-state index contributed by atoms with van der Waals surface area (Å²) in [6, 6.07) is 66.8. The van der Waals surface area contributed by atoms with Crippen LogP contribution < -0.4 is 4.74 Å². The first kappa shape index (κ1) is 128. The minimum Gasteiger partial charge on any atom is -0.491 e. The second-order valence-corrected chi connectivity index (χ2v) is 45.3. The Morgan fingerprint density at radius 3 is 1.19 bits per heavy atom. The van der Waals surface area contributed by atoms with Crippen molar-refractivity contribution in [2.75, 3.05) is 32.8 Å². The smallest absolute Gasteiger partial charge is 0.126 e. The predicted molar refractivity (Wildman–Crippen MR) is 593 cm³/mol. The number of benzene rings is 6. The molecular weight excluding hydrogens is 1660 g/mol. The summed E-state index contributed by atoms with van der Waals surface area (Å²) in [6.07, 6.45) is 27.1. The van der Waals surface area contributed by atoms with Crippen LogP contribution in [0, 0.1) is 82.2 Å². The molecule has 760 valence electrons. The summed E-state index contributed by atoms with van der Waals surface area (Å²) in [5.41, 5.74) is 10.2. The highest BCUT2D eigenvalue weighted by Crippen LogP contribution is 2.54. The number of fused-ring (bicyclic) bond motifs is 1. The number of ether oxygens (including phenoxy) is 3. The van der Waals surface area contributed by atoms with Gasteiger partial charge in [-0.2, -0.15) is 0 Å². The molecule has 0 amide bonds. The fraction of sp³-hybridized carbons (Fsp3) is 0.640. The molecule has 2 aliphatic heterocycles. The Morgan fingerprint density at radius 1 is 0.440 bits per heavy atom. The van der Waals surface area contributed by atoms with E-state index in [9.17, 15) is 4.39 Å². The Bertz CT molecular complexity index is 3870. The zero-order valence-electron chi connectivity index (χ0n) is 93.6. The third-order valence-corrected chi connectivity index (χ3v) is 26.6. The van der Waals surface area contributed by atoms with Crippen molar-refractivity contribution in [3.8, 4) is 5.75 Å². The third-order valence-electron chi connectivity index (χ3n) is 26.4. The van der Waals surface area contributed by atoms with Gasteiger partial charge in [0.1, 0.15) is 11.6 Å². The zero-order chi connectivity index (χ0) is 102. The molecule has 9 heteroatoms. The lowest BCUT2D eigenvalue weighted by Crippen LogP contribution is -2.38. The van der Waals surface area contributed by atoms with Crippen molar-refractivity contribution < 1.29 is 18.6 Å². The van der Waals surface area contributed by atoms with E-state index in [2.05, 4.69) is 333 Å². The average Bonchev–Trinajstić information content (AvgIpc) is 1.64. The van der Waals surface area contributed by atoms with Gasteiger partial charge in [0.05, 0.1) is 24.9 Å². The molecule has 2 atom stereocenters. The molecule has 6 aromatic carbocycles. The average molecular weight is 1870 g/mol. The predicted octanol–water partition coefficient (Wildman–Crippen LogP) is 37.9. The standard InChI is InChI=1S/C10H13F.2C10H19N.C10H14O.C10H14.C9H11Cl.C9H12O.C9H12.C8H11N.C8H18.C7H11N.C7H14O.C7H16.C6H12.C5H12/c1-7(2)9-5-4-8(3)10(11)6-9;1-9(2)11-7-5-10(3-4-10)6-8-11;1-8(2)11-6-9-4-3-5-10(9)7-11;1-9(2)11-8-10-6-4-3-5-7-10;1-9(2)8-10-6-4-3-5-7-10;1-7(2)8-4-3-5-9(10)6-8;1-8(2)10-9-6-4-3-5-7-9;1-8(2)9-6-4-3-5-7-9;1-7(2)8-5-3-4-6-9-8;1-6-8(4,5)7(2)3;1-7(2)8-5-3-4-6-8;1-6(2)8-5-7-3-4-7;1-6(2)7(3,4)5;1-5(2)6-3-4-6;1-4-5(2)3/h4-7H,1-3H3;9H,3-8H2,1-2H3;8-10H,3-7H2,1-2H3;3-7,9H,8H2,1-2H3;3-7,9H,8H2,1-2H3;3-7H,1-2H3;3-8H,1-2H3;3-8H,1-2H3;3-7H,1-2H3;7H,6H2,1-5H3;3-7H,1-2H3;6-7H,3-5H2,1-2H3;6H,1-5H3;5-6H,3-4H2,1-2H3;5H,4H2,1-3H3. The van der Waals surface area contributed by atoms with E-state index in [1.807, 2.05) is 149 Å². The van der Waals surface area contributed by atoms with Gasteiger partial charge in [0, 0.05) is 67.1 Å². The molecule has 7 nitrogen and oxygen atoms in total. The quantitative estimate of drug-likeness (QED) is 0.0715. The molecule has 0 N–H and O–H groups in total. The molecule has 2 unspecified atom stereocenters. The van der Waals surface area contributed by atoms with E-state index in [0.29, 0.717) is 52.8 Å². The highest BCUT2D eigenvalue weighted by molar-refractivity contribution is 6.30. The largest absolute Gasteiger partial charge is 0.491 e. The van der Waals surface area contributed by atoms with E-state index in [4.69, 9.17) is 25.8 Å². The number of aromatic nitrogens is 2. The van der Waals surface area contributed by atoms with E-state index in [-0.39, 0.29) is 11.9 Å². The van der Waals surface area contributed by atoms with Crippen LogP contribution in [0.3, 0.4) is 0 Å². The number of halogens is 2. The van der Waals surface area contributed by atoms with Crippen molar-refractivity contribution in [1.29, 1.82) is 0 Å². The Labute approximate surface area is 834 Å². The Morgan fingerprint density at radius 2 is 0.888 bits per heavy atom. The van der Waals surface area contributed by atoms with Crippen LogP contribution in [0.2, 0.25) is 5.02 Å². The topological polar surface area (TPSA) is 52.0 Å². The van der Waals surface area contributed by atoms with Crippen LogP contribution in [0.25, 0.3) is 0 Å². The number of para-hydroxylation sites is 1. The highest BCUT2D eigenvalue weighted by Gasteiger charge is 2.44. The number of rotatable bonds is 21. The molecule has 2 aromatic heterocycles. The van der Waals surface area contributed by atoms with E-state index in [1.165, 1.54) is 138 Å². The van der Waals surface area contributed by atoms with Gasteiger partial charge < -0.3 is 28.6 Å². The third kappa shape index (κ3) is 66.2. The second-order valence-electron chi connectivity index (χ2n) is 44.8. The maximum absolute atomic E-state index is 12.9. The molecule has 6 aliphatic rings. The number of aryl methyl sites for hydroxylation is 1. The normalized spacial score (nSPS) is 15.6. The maximum Gasteiger partial charge on any atom is 0.126 e. The van der Waals surface area contributed by atoms with Crippen molar-refractivity contribution in [1.82, 2.24) is 19.4 Å². The van der Waals surface area contributed by atoms with Gasteiger partial charge in [-0.05, 0) is 355 Å². The van der Waals surface area contributed by atoms with Crippen molar-refractivity contribution in [2.45, 2.75) is 420 Å². The minimum atomic E-state index is -0.101. The molecular formula is C125H208ClFN4O3. The summed E-state index contributed by atoms with van der Waals surface area (Å²) in [6.45, 7) is 90.5. The van der Waals surface area contributed by atoms with Crippen LogP contribution in [0.15, 0.2) is 213 Å². The number of pyridine rings is 1. The highest BCUT2D eigenvalue weighted by atomic mass is 35.5. The van der Waals surface area contributed by atoms with E-state index < -0.39 is 0 Å². The molecule has 6 fully saturated rings. The summed E-state index contributed by atoms with van der Waals surface area (Å²) in [7, 11) is 0. The molecule has 2 saturated heterocycles. The summed E-state index contributed by atoms with van der Waals surface area (Å²) in [4.78, 5) is 9.44. The minimum absolute atomic E-state index is 0.101. The number of piperidine rings is 1. The molecule has 4 aliphatic carbocycles.